The van der Waals surface area contributed by atoms with Crippen LogP contribution in [0.3, 0.4) is 0 Å². The molecule has 0 fully saturated rings. The van der Waals surface area contributed by atoms with Crippen molar-refractivity contribution in [2.24, 2.45) is 0 Å². The van der Waals surface area contributed by atoms with E-state index in [1.807, 2.05) is 0 Å². The fourth-order valence-electron chi connectivity index (χ4n) is 1.59. The van der Waals surface area contributed by atoms with Crippen LogP contribution in [0.4, 0.5) is 0 Å². The normalized spacial score (nSPS) is 10.1. The third-order valence-corrected chi connectivity index (χ3v) is 2.66. The van der Waals surface area contributed by atoms with E-state index in [9.17, 15) is 19.8 Å². The number of carbonyl (C=O) groups is 2. The maximum absolute atomic E-state index is 11.4. The predicted molar refractivity (Wildman–Crippen MR) is 71.5 cm³/mol. The topological polar surface area (TPSA) is 119 Å². The molecule has 0 aliphatic rings. The van der Waals surface area contributed by atoms with E-state index < -0.39 is 17.2 Å². The average Bonchev–Trinajstić information content (AvgIpc) is 2.38. The molecule has 1 rings (SSSR count). The number of carbonyl (C=O) groups excluding carboxylic acids is 2. The molecule has 0 aliphatic carbocycles. The number of aromatic hydroxyl groups is 3. The molecule has 0 saturated heterocycles. The molecule has 0 spiro atoms. The van der Waals surface area contributed by atoms with Gasteiger partial charge in [-0.15, -0.1) is 0 Å². The van der Waals surface area contributed by atoms with Crippen LogP contribution in [0.2, 0.25) is 0 Å². The zero-order valence-corrected chi connectivity index (χ0v) is 11.1. The summed E-state index contributed by atoms with van der Waals surface area (Å²) in [6, 6.07) is 2.73. The maximum Gasteiger partial charge on any atom is 0.221 e. The number of rotatable bonds is 6. The molecule has 110 valence electrons. The Morgan fingerprint density at radius 1 is 1.05 bits per heavy atom. The molecule has 1 aromatic rings. The summed E-state index contributed by atoms with van der Waals surface area (Å²) in [5.41, 5.74) is 0.419. The second-order valence-corrected chi connectivity index (χ2v) is 4.27. The van der Waals surface area contributed by atoms with Crippen LogP contribution < -0.4 is 10.6 Å². The zero-order chi connectivity index (χ0) is 15.1. The molecule has 0 saturated carbocycles. The van der Waals surface area contributed by atoms with E-state index >= 15 is 0 Å². The van der Waals surface area contributed by atoms with Crippen molar-refractivity contribution >= 4 is 11.8 Å². The Morgan fingerprint density at radius 3 is 2.40 bits per heavy atom. The van der Waals surface area contributed by atoms with Gasteiger partial charge in [-0.3, -0.25) is 9.59 Å². The minimum absolute atomic E-state index is 0.173. The van der Waals surface area contributed by atoms with Crippen LogP contribution in [0.25, 0.3) is 0 Å². The number of phenolic OH excluding ortho intramolecular Hbond substituents is 3. The molecule has 0 aliphatic heterocycles. The molecular formula is C13H18N2O5. The Kier molecular flexibility index (Phi) is 5.64. The second-order valence-electron chi connectivity index (χ2n) is 4.27. The van der Waals surface area contributed by atoms with Crippen molar-refractivity contribution in [3.63, 3.8) is 0 Å². The van der Waals surface area contributed by atoms with E-state index in [-0.39, 0.29) is 31.3 Å². The third kappa shape index (κ3) is 4.68. The first-order valence-corrected chi connectivity index (χ1v) is 6.15. The predicted octanol–water partition coefficient (Wildman–Crippen LogP) is -0.0117. The highest BCUT2D eigenvalue weighted by atomic mass is 16.3. The molecule has 20 heavy (non-hydrogen) atoms. The molecule has 0 heterocycles. The van der Waals surface area contributed by atoms with Gasteiger partial charge in [0.2, 0.25) is 17.6 Å². The van der Waals surface area contributed by atoms with Gasteiger partial charge in [-0.25, -0.2) is 0 Å². The Labute approximate surface area is 116 Å². The molecule has 0 radical (unpaired) electrons. The first-order valence-electron chi connectivity index (χ1n) is 6.15. The fraction of sp³-hybridized carbons (Fsp3) is 0.385. The van der Waals surface area contributed by atoms with E-state index in [1.165, 1.54) is 19.1 Å². The van der Waals surface area contributed by atoms with Gasteiger partial charge in [0, 0.05) is 26.4 Å². The summed E-state index contributed by atoms with van der Waals surface area (Å²) < 4.78 is 0. The van der Waals surface area contributed by atoms with Gasteiger partial charge in [0.25, 0.3) is 0 Å². The van der Waals surface area contributed by atoms with Crippen LogP contribution in [0.15, 0.2) is 12.1 Å². The zero-order valence-electron chi connectivity index (χ0n) is 11.1. The van der Waals surface area contributed by atoms with Gasteiger partial charge in [0.15, 0.2) is 11.5 Å². The molecule has 0 bridgehead atoms. The number of nitrogens with one attached hydrogen (secondary N) is 2. The monoisotopic (exact) mass is 282 g/mol. The highest BCUT2D eigenvalue weighted by molar-refractivity contribution is 5.77. The van der Waals surface area contributed by atoms with Crippen molar-refractivity contribution in [1.82, 2.24) is 10.6 Å². The summed E-state index contributed by atoms with van der Waals surface area (Å²) in [6.07, 6.45) is 0.484. The fourth-order valence-corrected chi connectivity index (χ4v) is 1.59. The number of benzene rings is 1. The molecule has 0 aromatic heterocycles. The molecule has 0 atom stereocenters. The summed E-state index contributed by atoms with van der Waals surface area (Å²) in [7, 11) is 0. The summed E-state index contributed by atoms with van der Waals surface area (Å²) in [4.78, 5) is 22.0. The first kappa shape index (κ1) is 15.6. The summed E-state index contributed by atoms with van der Waals surface area (Å²) in [5.74, 6) is -1.77. The van der Waals surface area contributed by atoms with Gasteiger partial charge in [-0.2, -0.15) is 0 Å². The van der Waals surface area contributed by atoms with Crippen molar-refractivity contribution in [1.29, 1.82) is 0 Å². The number of amides is 2. The van der Waals surface area contributed by atoms with Gasteiger partial charge in [0.05, 0.1) is 0 Å². The van der Waals surface area contributed by atoms with Crippen molar-refractivity contribution in [3.8, 4) is 17.2 Å². The molecule has 1 aromatic carbocycles. The van der Waals surface area contributed by atoms with Gasteiger partial charge in [-0.1, -0.05) is 6.07 Å². The van der Waals surface area contributed by atoms with Crippen molar-refractivity contribution in [2.75, 3.05) is 13.1 Å². The van der Waals surface area contributed by atoms with E-state index in [0.29, 0.717) is 12.0 Å². The summed E-state index contributed by atoms with van der Waals surface area (Å²) in [5, 5.41) is 33.2. The van der Waals surface area contributed by atoms with E-state index in [2.05, 4.69) is 10.6 Å². The average molecular weight is 282 g/mol. The van der Waals surface area contributed by atoms with E-state index in [1.54, 1.807) is 0 Å². The molecule has 7 nitrogen and oxygen atoms in total. The van der Waals surface area contributed by atoms with Gasteiger partial charge < -0.3 is 26.0 Å². The minimum Gasteiger partial charge on any atom is -0.504 e. The molecule has 7 heteroatoms. The van der Waals surface area contributed by atoms with Crippen LogP contribution in [-0.4, -0.2) is 40.2 Å². The Bertz CT molecular complexity index is 502. The van der Waals surface area contributed by atoms with Crippen LogP contribution >= 0.6 is 0 Å². The highest BCUT2D eigenvalue weighted by Crippen LogP contribution is 2.36. The van der Waals surface area contributed by atoms with Crippen LogP contribution in [0.1, 0.15) is 18.9 Å². The molecule has 0 unspecified atom stereocenters. The van der Waals surface area contributed by atoms with Gasteiger partial charge >= 0.3 is 0 Å². The van der Waals surface area contributed by atoms with Crippen LogP contribution in [0.5, 0.6) is 17.2 Å². The Balaban J connectivity index is 2.36. The van der Waals surface area contributed by atoms with E-state index in [4.69, 9.17) is 5.11 Å². The molecule has 2 amide bonds. The number of hydrogen-bond acceptors (Lipinski definition) is 5. The third-order valence-electron chi connectivity index (χ3n) is 2.66. The van der Waals surface area contributed by atoms with Gasteiger partial charge in [-0.05, 0) is 18.1 Å². The van der Waals surface area contributed by atoms with Crippen molar-refractivity contribution in [3.05, 3.63) is 17.7 Å². The lowest BCUT2D eigenvalue weighted by Gasteiger charge is -2.09. The largest absolute Gasteiger partial charge is 0.504 e. The first-order chi connectivity index (χ1) is 9.41. The number of hydrogen-bond donors (Lipinski definition) is 5. The van der Waals surface area contributed by atoms with Crippen molar-refractivity contribution in [2.45, 2.75) is 19.8 Å². The lowest BCUT2D eigenvalue weighted by molar-refractivity contribution is -0.121. The summed E-state index contributed by atoms with van der Waals surface area (Å²) >= 11 is 0. The van der Waals surface area contributed by atoms with Crippen LogP contribution in [-0.2, 0) is 16.0 Å². The van der Waals surface area contributed by atoms with E-state index in [0.717, 1.165) is 0 Å². The minimum atomic E-state index is -0.570. The Hall–Kier alpha value is -2.44. The summed E-state index contributed by atoms with van der Waals surface area (Å²) in [6.45, 7) is 1.92. The quantitative estimate of drug-likeness (QED) is 0.470. The number of phenols is 3. The molecule has 5 N–H and O–H groups in total. The SMILES string of the molecule is CC(=O)NCCC(=O)NCCc1ccc(O)c(O)c1O. The smallest absolute Gasteiger partial charge is 0.221 e. The molecular weight excluding hydrogens is 264 g/mol. The second kappa shape index (κ2) is 7.22. The van der Waals surface area contributed by atoms with Crippen molar-refractivity contribution < 1.29 is 24.9 Å². The lowest BCUT2D eigenvalue weighted by atomic mass is 10.1. The van der Waals surface area contributed by atoms with Gasteiger partial charge in [0.1, 0.15) is 0 Å². The maximum atomic E-state index is 11.4. The Morgan fingerprint density at radius 2 is 1.75 bits per heavy atom. The lowest BCUT2D eigenvalue weighted by Crippen LogP contribution is -2.30. The standard InChI is InChI=1S/C13H18N2O5/c1-8(16)14-7-5-11(18)15-6-4-9-2-3-10(17)13(20)12(9)19/h2-3,17,19-20H,4-7H2,1H3,(H,14,16)(H,15,18). The van der Waals surface area contributed by atoms with Crippen LogP contribution in [0, 0.1) is 0 Å². The highest BCUT2D eigenvalue weighted by Gasteiger charge is 2.11.